The van der Waals surface area contributed by atoms with Crippen molar-refractivity contribution in [2.24, 2.45) is 0 Å². The number of hydrogen-bond acceptors (Lipinski definition) is 4. The van der Waals surface area contributed by atoms with Crippen molar-refractivity contribution in [3.63, 3.8) is 0 Å². The molecule has 0 saturated carbocycles. The van der Waals surface area contributed by atoms with Crippen LogP contribution in [-0.4, -0.2) is 23.3 Å². The molecular formula is C14H13ClFN3O2S. The van der Waals surface area contributed by atoms with Crippen molar-refractivity contribution in [1.29, 1.82) is 0 Å². The van der Waals surface area contributed by atoms with Crippen molar-refractivity contribution in [2.45, 2.75) is 13.3 Å². The predicted octanol–water partition coefficient (Wildman–Crippen LogP) is 3.00. The normalized spacial score (nSPS) is 10.3. The van der Waals surface area contributed by atoms with E-state index < -0.39 is 11.7 Å². The first-order valence-electron chi connectivity index (χ1n) is 6.40. The van der Waals surface area contributed by atoms with Crippen molar-refractivity contribution in [1.82, 2.24) is 10.3 Å². The second-order valence-electron chi connectivity index (χ2n) is 4.45. The second kappa shape index (κ2) is 7.33. The summed E-state index contributed by atoms with van der Waals surface area (Å²) in [5.74, 6) is -1.19. The van der Waals surface area contributed by atoms with Crippen LogP contribution in [0.1, 0.15) is 22.5 Å². The molecule has 22 heavy (non-hydrogen) atoms. The summed E-state index contributed by atoms with van der Waals surface area (Å²) in [5.41, 5.74) is 2.56. The zero-order valence-electron chi connectivity index (χ0n) is 11.7. The number of carbonyl (C=O) groups is 2. The SMILES string of the molecule is Cc1ncsc1NC(=O)CCNC(=O)c1ccc(F)cc1Cl. The van der Waals surface area contributed by atoms with Gasteiger partial charge in [-0.2, -0.15) is 0 Å². The second-order valence-corrected chi connectivity index (χ2v) is 5.71. The topological polar surface area (TPSA) is 71.1 Å². The summed E-state index contributed by atoms with van der Waals surface area (Å²) in [7, 11) is 0. The summed E-state index contributed by atoms with van der Waals surface area (Å²) in [6.45, 7) is 1.95. The average Bonchev–Trinajstić information content (AvgIpc) is 2.84. The number of aryl methyl sites for hydroxylation is 1. The van der Waals surface area contributed by atoms with Gasteiger partial charge in [0, 0.05) is 13.0 Å². The van der Waals surface area contributed by atoms with E-state index in [2.05, 4.69) is 15.6 Å². The maximum Gasteiger partial charge on any atom is 0.252 e. The van der Waals surface area contributed by atoms with Gasteiger partial charge in [-0.05, 0) is 25.1 Å². The van der Waals surface area contributed by atoms with E-state index in [0.29, 0.717) is 5.00 Å². The van der Waals surface area contributed by atoms with Gasteiger partial charge in [-0.1, -0.05) is 11.6 Å². The van der Waals surface area contributed by atoms with E-state index in [0.717, 1.165) is 17.8 Å². The molecule has 0 radical (unpaired) electrons. The van der Waals surface area contributed by atoms with Crippen molar-refractivity contribution >= 4 is 39.8 Å². The van der Waals surface area contributed by atoms with Crippen LogP contribution >= 0.6 is 22.9 Å². The molecule has 1 aromatic carbocycles. The first kappa shape index (κ1) is 16.4. The van der Waals surface area contributed by atoms with Crippen molar-refractivity contribution < 1.29 is 14.0 Å². The Morgan fingerprint density at radius 3 is 2.82 bits per heavy atom. The maximum absolute atomic E-state index is 12.9. The molecule has 2 amide bonds. The van der Waals surface area contributed by atoms with Gasteiger partial charge >= 0.3 is 0 Å². The molecule has 116 valence electrons. The third-order valence-electron chi connectivity index (χ3n) is 2.81. The highest BCUT2D eigenvalue weighted by Gasteiger charge is 2.12. The fraction of sp³-hybridized carbons (Fsp3) is 0.214. The summed E-state index contributed by atoms with van der Waals surface area (Å²) in [6, 6.07) is 3.52. The van der Waals surface area contributed by atoms with Crippen molar-refractivity contribution in [2.75, 3.05) is 11.9 Å². The van der Waals surface area contributed by atoms with Gasteiger partial charge in [0.05, 0.1) is 21.8 Å². The smallest absolute Gasteiger partial charge is 0.252 e. The number of amides is 2. The zero-order chi connectivity index (χ0) is 16.1. The monoisotopic (exact) mass is 341 g/mol. The molecule has 8 heteroatoms. The van der Waals surface area contributed by atoms with Crippen LogP contribution in [0.5, 0.6) is 0 Å². The number of nitrogens with zero attached hydrogens (tertiary/aromatic N) is 1. The Kier molecular flexibility index (Phi) is 5.46. The van der Waals surface area contributed by atoms with Crippen molar-refractivity contribution in [3.05, 3.63) is 45.8 Å². The van der Waals surface area contributed by atoms with E-state index in [1.165, 1.54) is 17.4 Å². The van der Waals surface area contributed by atoms with Gasteiger partial charge in [0.25, 0.3) is 5.91 Å². The Morgan fingerprint density at radius 2 is 2.18 bits per heavy atom. The molecule has 1 heterocycles. The van der Waals surface area contributed by atoms with E-state index >= 15 is 0 Å². The molecule has 2 rings (SSSR count). The lowest BCUT2D eigenvalue weighted by atomic mass is 10.2. The molecule has 0 aliphatic carbocycles. The minimum atomic E-state index is -0.513. The van der Waals surface area contributed by atoms with Gasteiger partial charge in [-0.25, -0.2) is 9.37 Å². The van der Waals surface area contributed by atoms with Crippen LogP contribution < -0.4 is 10.6 Å². The highest BCUT2D eigenvalue weighted by atomic mass is 35.5. The lowest BCUT2D eigenvalue weighted by Gasteiger charge is -2.07. The van der Waals surface area contributed by atoms with Crippen LogP contribution in [0.15, 0.2) is 23.7 Å². The highest BCUT2D eigenvalue weighted by molar-refractivity contribution is 7.14. The molecule has 0 aliphatic rings. The number of thiazole rings is 1. The number of rotatable bonds is 5. The van der Waals surface area contributed by atoms with Gasteiger partial charge in [0.15, 0.2) is 0 Å². The molecule has 0 atom stereocenters. The number of benzene rings is 1. The zero-order valence-corrected chi connectivity index (χ0v) is 13.2. The minimum Gasteiger partial charge on any atom is -0.351 e. The number of nitrogens with one attached hydrogen (secondary N) is 2. The Hall–Kier alpha value is -1.99. The third-order valence-corrected chi connectivity index (χ3v) is 3.97. The molecule has 0 unspecified atom stereocenters. The van der Waals surface area contributed by atoms with Gasteiger partial charge in [0.1, 0.15) is 10.8 Å². The molecule has 5 nitrogen and oxygen atoms in total. The summed E-state index contributed by atoms with van der Waals surface area (Å²) < 4.78 is 12.9. The van der Waals surface area contributed by atoms with Gasteiger partial charge in [0.2, 0.25) is 5.91 Å². The third kappa shape index (κ3) is 4.25. The van der Waals surface area contributed by atoms with Crippen LogP contribution in [0.4, 0.5) is 9.39 Å². The first-order chi connectivity index (χ1) is 10.5. The quantitative estimate of drug-likeness (QED) is 0.878. The van der Waals surface area contributed by atoms with Crippen LogP contribution in [-0.2, 0) is 4.79 Å². The van der Waals surface area contributed by atoms with E-state index in [1.54, 1.807) is 12.4 Å². The van der Waals surface area contributed by atoms with E-state index in [1.807, 2.05) is 0 Å². The molecule has 0 bridgehead atoms. The number of anilines is 1. The van der Waals surface area contributed by atoms with Crippen molar-refractivity contribution in [3.8, 4) is 0 Å². The first-order valence-corrected chi connectivity index (χ1v) is 7.66. The summed E-state index contributed by atoms with van der Waals surface area (Å²) >= 11 is 7.13. The number of carbonyl (C=O) groups excluding carboxylic acids is 2. The Bertz CT molecular complexity index is 705. The van der Waals surface area contributed by atoms with Gasteiger partial charge in [-0.3, -0.25) is 9.59 Å². The molecule has 1 aromatic heterocycles. The van der Waals surface area contributed by atoms with Crippen LogP contribution in [0, 0.1) is 12.7 Å². The molecule has 2 N–H and O–H groups in total. The molecule has 0 fully saturated rings. The predicted molar refractivity (Wildman–Crippen MR) is 83.8 cm³/mol. The average molecular weight is 342 g/mol. The van der Waals surface area contributed by atoms with Gasteiger partial charge in [-0.15, -0.1) is 11.3 Å². The number of halogens is 2. The molecule has 0 spiro atoms. The summed E-state index contributed by atoms with van der Waals surface area (Å²) in [4.78, 5) is 27.6. The van der Waals surface area contributed by atoms with Gasteiger partial charge < -0.3 is 10.6 Å². The number of aromatic nitrogens is 1. The Balaban J connectivity index is 1.82. The molecular weight excluding hydrogens is 329 g/mol. The molecule has 0 aliphatic heterocycles. The Labute approximate surface area is 135 Å². The largest absolute Gasteiger partial charge is 0.351 e. The minimum absolute atomic E-state index is 0.0298. The lowest BCUT2D eigenvalue weighted by Crippen LogP contribution is -2.27. The maximum atomic E-state index is 12.9. The molecule has 0 saturated heterocycles. The Morgan fingerprint density at radius 1 is 1.41 bits per heavy atom. The summed E-state index contributed by atoms with van der Waals surface area (Å²) in [6.07, 6.45) is 0.113. The van der Waals surface area contributed by atoms with E-state index in [9.17, 15) is 14.0 Å². The van der Waals surface area contributed by atoms with E-state index in [4.69, 9.17) is 11.6 Å². The fourth-order valence-electron chi connectivity index (χ4n) is 1.67. The van der Waals surface area contributed by atoms with Crippen LogP contribution in [0.3, 0.4) is 0 Å². The van der Waals surface area contributed by atoms with Crippen LogP contribution in [0.2, 0.25) is 5.02 Å². The van der Waals surface area contributed by atoms with E-state index in [-0.39, 0.29) is 29.5 Å². The summed E-state index contributed by atoms with van der Waals surface area (Å²) in [5, 5.41) is 6.00. The van der Waals surface area contributed by atoms with Crippen LogP contribution in [0.25, 0.3) is 0 Å². The fourth-order valence-corrected chi connectivity index (χ4v) is 2.63. The lowest BCUT2D eigenvalue weighted by molar-refractivity contribution is -0.116. The number of hydrogen-bond donors (Lipinski definition) is 2. The highest BCUT2D eigenvalue weighted by Crippen LogP contribution is 2.19. The standard InChI is InChI=1S/C14H13ClFN3O2S/c1-8-14(22-7-18-8)19-12(20)4-5-17-13(21)10-3-2-9(16)6-11(10)15/h2-3,6-7H,4-5H2,1H3,(H,17,21)(H,19,20). The molecule has 2 aromatic rings.